The Kier molecular flexibility index (Phi) is 7.18. The number of aryl methyl sites for hydroxylation is 2. The Labute approximate surface area is 182 Å². The number of benzene rings is 1. The number of amides is 1. The topological polar surface area (TPSA) is 73.9 Å². The van der Waals surface area contributed by atoms with E-state index in [2.05, 4.69) is 21.2 Å². The molecule has 3 rings (SSSR count). The van der Waals surface area contributed by atoms with Gasteiger partial charge in [0.05, 0.1) is 26.4 Å². The highest BCUT2D eigenvalue weighted by atomic mass is 79.9. The van der Waals surface area contributed by atoms with E-state index in [4.69, 9.17) is 14.2 Å². The minimum absolute atomic E-state index is 0.142. The molecule has 1 aromatic carbocycles. The molecule has 1 heterocycles. The first-order valence-electron chi connectivity index (χ1n) is 9.50. The number of halogens is 1. The first kappa shape index (κ1) is 21.6. The lowest BCUT2D eigenvalue weighted by Crippen LogP contribution is -2.15. The average Bonchev–Trinajstić information content (AvgIpc) is 3.27. The first-order chi connectivity index (χ1) is 14.0. The second kappa shape index (κ2) is 9.63. The largest absolute Gasteiger partial charge is 0.493 e. The SMILES string of the molecule is CCOC(=O)c1c(NC(=O)CCc2cc(OC)c(OC)cc2Br)sc2c1CCC2. The van der Waals surface area contributed by atoms with Gasteiger partial charge in [0.15, 0.2) is 11.5 Å². The summed E-state index contributed by atoms with van der Waals surface area (Å²) in [4.78, 5) is 26.2. The summed E-state index contributed by atoms with van der Waals surface area (Å²) >= 11 is 5.01. The van der Waals surface area contributed by atoms with E-state index in [1.807, 2.05) is 12.1 Å². The molecule has 1 aliphatic rings. The Morgan fingerprint density at radius 1 is 1.17 bits per heavy atom. The number of nitrogens with one attached hydrogen (secondary N) is 1. The number of thiophene rings is 1. The maximum absolute atomic E-state index is 12.6. The molecule has 1 N–H and O–H groups in total. The second-order valence-electron chi connectivity index (χ2n) is 6.63. The van der Waals surface area contributed by atoms with Crippen molar-refractivity contribution in [3.63, 3.8) is 0 Å². The van der Waals surface area contributed by atoms with Crippen molar-refractivity contribution in [3.8, 4) is 11.5 Å². The number of hydrogen-bond acceptors (Lipinski definition) is 6. The van der Waals surface area contributed by atoms with Crippen molar-refractivity contribution in [1.82, 2.24) is 0 Å². The van der Waals surface area contributed by atoms with E-state index in [9.17, 15) is 9.59 Å². The molecule has 156 valence electrons. The number of hydrogen-bond donors (Lipinski definition) is 1. The maximum Gasteiger partial charge on any atom is 0.341 e. The molecule has 0 saturated heterocycles. The van der Waals surface area contributed by atoms with Crippen LogP contribution in [0.1, 0.15) is 46.1 Å². The molecule has 0 radical (unpaired) electrons. The van der Waals surface area contributed by atoms with Gasteiger partial charge >= 0.3 is 5.97 Å². The minimum Gasteiger partial charge on any atom is -0.493 e. The van der Waals surface area contributed by atoms with Crippen LogP contribution in [-0.4, -0.2) is 32.7 Å². The molecule has 0 spiro atoms. The Hall–Kier alpha value is -2.06. The molecule has 1 aromatic heterocycles. The van der Waals surface area contributed by atoms with E-state index in [0.29, 0.717) is 35.1 Å². The van der Waals surface area contributed by atoms with Crippen molar-refractivity contribution in [2.24, 2.45) is 0 Å². The zero-order chi connectivity index (χ0) is 21.0. The standard InChI is InChI=1S/C21H24BrNO5S/c1-4-28-21(25)19-13-6-5-7-17(13)29-20(19)23-18(24)9-8-12-10-15(26-2)16(27-3)11-14(12)22/h10-11H,4-9H2,1-3H3,(H,23,24). The highest BCUT2D eigenvalue weighted by molar-refractivity contribution is 9.10. The highest BCUT2D eigenvalue weighted by Gasteiger charge is 2.28. The Morgan fingerprint density at radius 3 is 2.59 bits per heavy atom. The van der Waals surface area contributed by atoms with E-state index in [1.54, 1.807) is 21.1 Å². The van der Waals surface area contributed by atoms with Crippen LogP contribution < -0.4 is 14.8 Å². The van der Waals surface area contributed by atoms with Crippen LogP contribution in [0, 0.1) is 0 Å². The number of carbonyl (C=O) groups is 2. The van der Waals surface area contributed by atoms with E-state index in [0.717, 1.165) is 34.9 Å². The van der Waals surface area contributed by atoms with Crippen molar-refractivity contribution in [3.05, 3.63) is 38.2 Å². The summed E-state index contributed by atoms with van der Waals surface area (Å²) in [6.07, 6.45) is 3.63. The van der Waals surface area contributed by atoms with Gasteiger partial charge in [0.2, 0.25) is 5.91 Å². The highest BCUT2D eigenvalue weighted by Crippen LogP contribution is 2.40. The van der Waals surface area contributed by atoms with Crippen molar-refractivity contribution in [2.75, 3.05) is 26.1 Å². The third-order valence-corrected chi connectivity index (χ3v) is 6.77. The molecule has 0 bridgehead atoms. The molecular weight excluding hydrogens is 458 g/mol. The number of methoxy groups -OCH3 is 2. The van der Waals surface area contributed by atoms with Crippen LogP contribution in [-0.2, 0) is 28.8 Å². The summed E-state index contributed by atoms with van der Waals surface area (Å²) in [7, 11) is 3.16. The van der Waals surface area contributed by atoms with E-state index in [-0.39, 0.29) is 18.3 Å². The molecule has 1 aliphatic carbocycles. The van der Waals surface area contributed by atoms with Crippen LogP contribution in [0.5, 0.6) is 11.5 Å². The molecule has 2 aromatic rings. The average molecular weight is 482 g/mol. The molecule has 0 fully saturated rings. The Balaban J connectivity index is 1.72. The number of rotatable bonds is 8. The fourth-order valence-electron chi connectivity index (χ4n) is 3.44. The van der Waals surface area contributed by atoms with Crippen molar-refractivity contribution >= 4 is 44.1 Å². The fraction of sp³-hybridized carbons (Fsp3) is 0.429. The molecular formula is C21H24BrNO5S. The van der Waals surface area contributed by atoms with Crippen LogP contribution >= 0.6 is 27.3 Å². The van der Waals surface area contributed by atoms with Crippen LogP contribution in [0.2, 0.25) is 0 Å². The van der Waals surface area contributed by atoms with Gasteiger partial charge in [0, 0.05) is 15.8 Å². The third kappa shape index (κ3) is 4.75. The lowest BCUT2D eigenvalue weighted by Gasteiger charge is -2.12. The van der Waals surface area contributed by atoms with Gasteiger partial charge in [-0.2, -0.15) is 0 Å². The van der Waals surface area contributed by atoms with Gasteiger partial charge in [-0.3, -0.25) is 4.79 Å². The molecule has 0 saturated carbocycles. The van der Waals surface area contributed by atoms with Gasteiger partial charge < -0.3 is 19.5 Å². The quantitative estimate of drug-likeness (QED) is 0.549. The zero-order valence-electron chi connectivity index (χ0n) is 16.7. The van der Waals surface area contributed by atoms with Crippen LogP contribution in [0.15, 0.2) is 16.6 Å². The Bertz CT molecular complexity index is 924. The molecule has 0 aliphatic heterocycles. The van der Waals surface area contributed by atoms with Gasteiger partial charge in [0.1, 0.15) is 5.00 Å². The van der Waals surface area contributed by atoms with Crippen molar-refractivity contribution in [2.45, 2.75) is 39.0 Å². The normalized spacial score (nSPS) is 12.4. The predicted molar refractivity (Wildman–Crippen MR) is 116 cm³/mol. The lowest BCUT2D eigenvalue weighted by molar-refractivity contribution is -0.116. The lowest BCUT2D eigenvalue weighted by atomic mass is 10.1. The summed E-state index contributed by atoms with van der Waals surface area (Å²) in [5.41, 5.74) is 2.51. The Morgan fingerprint density at radius 2 is 1.90 bits per heavy atom. The van der Waals surface area contributed by atoms with E-state index in [1.165, 1.54) is 16.2 Å². The minimum atomic E-state index is -0.357. The van der Waals surface area contributed by atoms with E-state index >= 15 is 0 Å². The molecule has 1 amide bonds. The number of esters is 1. The number of fused-ring (bicyclic) bond motifs is 1. The van der Waals surface area contributed by atoms with Crippen LogP contribution in [0.25, 0.3) is 0 Å². The maximum atomic E-state index is 12.6. The summed E-state index contributed by atoms with van der Waals surface area (Å²) in [6.45, 7) is 2.09. The number of carbonyl (C=O) groups excluding carboxylic acids is 2. The molecule has 0 unspecified atom stereocenters. The molecule has 0 atom stereocenters. The zero-order valence-corrected chi connectivity index (χ0v) is 19.1. The molecule has 6 nitrogen and oxygen atoms in total. The fourth-order valence-corrected chi connectivity index (χ4v) is 5.25. The number of ether oxygens (including phenoxy) is 3. The molecule has 8 heteroatoms. The van der Waals surface area contributed by atoms with Gasteiger partial charge in [-0.05, 0) is 55.9 Å². The smallest absolute Gasteiger partial charge is 0.341 e. The van der Waals surface area contributed by atoms with Gasteiger partial charge in [-0.25, -0.2) is 4.79 Å². The predicted octanol–water partition coefficient (Wildman–Crippen LogP) is 4.76. The van der Waals surface area contributed by atoms with Gasteiger partial charge in [0.25, 0.3) is 0 Å². The number of anilines is 1. The van der Waals surface area contributed by atoms with E-state index < -0.39 is 0 Å². The second-order valence-corrected chi connectivity index (χ2v) is 8.59. The van der Waals surface area contributed by atoms with Crippen molar-refractivity contribution < 1.29 is 23.8 Å². The monoisotopic (exact) mass is 481 g/mol. The van der Waals surface area contributed by atoms with Gasteiger partial charge in [-0.1, -0.05) is 15.9 Å². The summed E-state index contributed by atoms with van der Waals surface area (Å²) in [5, 5.41) is 3.53. The summed E-state index contributed by atoms with van der Waals surface area (Å²) < 4.78 is 16.7. The van der Waals surface area contributed by atoms with Crippen LogP contribution in [0.3, 0.4) is 0 Å². The first-order valence-corrected chi connectivity index (χ1v) is 11.1. The molecule has 29 heavy (non-hydrogen) atoms. The third-order valence-electron chi connectivity index (χ3n) is 4.83. The van der Waals surface area contributed by atoms with Crippen molar-refractivity contribution in [1.29, 1.82) is 0 Å². The van der Waals surface area contributed by atoms with Crippen LogP contribution in [0.4, 0.5) is 5.00 Å². The van der Waals surface area contributed by atoms with Gasteiger partial charge in [-0.15, -0.1) is 11.3 Å². The summed E-state index contributed by atoms with van der Waals surface area (Å²) in [5.74, 6) is 0.743. The summed E-state index contributed by atoms with van der Waals surface area (Å²) in [6, 6.07) is 3.69.